The zero-order valence-electron chi connectivity index (χ0n) is 11.1. The molecule has 0 radical (unpaired) electrons. The van der Waals surface area contributed by atoms with Gasteiger partial charge in [-0.05, 0) is 37.1 Å². The Balaban J connectivity index is 2.13. The lowest BCUT2D eigenvalue weighted by atomic mass is 9.93. The van der Waals surface area contributed by atoms with Crippen LogP contribution in [0.4, 0.5) is 18.9 Å². The number of benzene rings is 1. The first kappa shape index (κ1) is 14.7. The van der Waals surface area contributed by atoms with Crippen LogP contribution in [-0.4, -0.2) is 25.7 Å². The summed E-state index contributed by atoms with van der Waals surface area (Å²) in [4.78, 5) is 13.6. The Bertz CT molecular complexity index is 470. The third kappa shape index (κ3) is 3.43. The topological polar surface area (TPSA) is 29.5 Å². The predicted molar refractivity (Wildman–Crippen MR) is 68.7 cm³/mol. The minimum atomic E-state index is -4.30. The zero-order chi connectivity index (χ0) is 14.8. The molecule has 0 spiro atoms. The van der Waals surface area contributed by atoms with Gasteiger partial charge in [-0.1, -0.05) is 0 Å². The van der Waals surface area contributed by atoms with Gasteiger partial charge in [-0.3, -0.25) is 4.79 Å². The van der Waals surface area contributed by atoms with E-state index >= 15 is 0 Å². The molecule has 1 amide bonds. The van der Waals surface area contributed by atoms with Crippen LogP contribution >= 0.6 is 0 Å². The monoisotopic (exact) mass is 287 g/mol. The van der Waals surface area contributed by atoms with E-state index in [9.17, 15) is 18.0 Å². The van der Waals surface area contributed by atoms with Crippen molar-refractivity contribution in [2.45, 2.75) is 25.4 Å². The second-order valence-electron chi connectivity index (χ2n) is 4.85. The second-order valence-corrected chi connectivity index (χ2v) is 4.85. The maximum absolute atomic E-state index is 12.5. The highest BCUT2D eigenvalue weighted by molar-refractivity contribution is 5.95. The van der Waals surface area contributed by atoms with Gasteiger partial charge in [0, 0.05) is 18.2 Å². The van der Waals surface area contributed by atoms with Gasteiger partial charge in [0.2, 0.25) is 5.91 Å². The molecule has 1 heterocycles. The highest BCUT2D eigenvalue weighted by Gasteiger charge is 2.39. The molecule has 0 N–H and O–H groups in total. The SMILES string of the molecule is COc1ccc(N2CCC[C@@H](CC(F)(F)F)C2=O)cc1. The third-order valence-corrected chi connectivity index (χ3v) is 3.41. The highest BCUT2D eigenvalue weighted by Crippen LogP contribution is 2.33. The zero-order valence-corrected chi connectivity index (χ0v) is 11.1. The average Bonchev–Trinajstić information content (AvgIpc) is 2.40. The number of hydrogen-bond acceptors (Lipinski definition) is 2. The molecule has 2 rings (SSSR count). The van der Waals surface area contributed by atoms with Crippen molar-refractivity contribution in [3.8, 4) is 5.75 Å². The Morgan fingerprint density at radius 1 is 1.30 bits per heavy atom. The Labute approximate surface area is 115 Å². The van der Waals surface area contributed by atoms with Crippen LogP contribution in [0, 0.1) is 5.92 Å². The van der Waals surface area contributed by atoms with Crippen molar-refractivity contribution in [2.75, 3.05) is 18.6 Å². The van der Waals surface area contributed by atoms with Crippen molar-refractivity contribution < 1.29 is 22.7 Å². The summed E-state index contributed by atoms with van der Waals surface area (Å²) < 4.78 is 42.4. The van der Waals surface area contributed by atoms with E-state index in [-0.39, 0.29) is 0 Å². The van der Waals surface area contributed by atoms with Gasteiger partial charge in [-0.25, -0.2) is 0 Å². The number of hydrogen-bond donors (Lipinski definition) is 0. The normalized spacial score (nSPS) is 20.1. The first-order valence-corrected chi connectivity index (χ1v) is 6.43. The van der Waals surface area contributed by atoms with Crippen molar-refractivity contribution in [2.24, 2.45) is 5.92 Å². The van der Waals surface area contributed by atoms with Crippen molar-refractivity contribution >= 4 is 11.6 Å². The Kier molecular flexibility index (Phi) is 4.20. The van der Waals surface area contributed by atoms with E-state index in [1.165, 1.54) is 12.0 Å². The molecule has 1 aliphatic heterocycles. The maximum atomic E-state index is 12.5. The summed E-state index contributed by atoms with van der Waals surface area (Å²) in [6.45, 7) is 0.458. The van der Waals surface area contributed by atoms with E-state index in [1.54, 1.807) is 24.3 Å². The summed E-state index contributed by atoms with van der Waals surface area (Å²) in [7, 11) is 1.53. The predicted octanol–water partition coefficient (Wildman–Crippen LogP) is 3.39. The third-order valence-electron chi connectivity index (χ3n) is 3.41. The molecular weight excluding hydrogens is 271 g/mol. The number of alkyl halides is 3. The largest absolute Gasteiger partial charge is 0.497 e. The quantitative estimate of drug-likeness (QED) is 0.853. The number of anilines is 1. The van der Waals surface area contributed by atoms with Gasteiger partial charge in [0.1, 0.15) is 5.75 Å². The minimum Gasteiger partial charge on any atom is -0.497 e. The molecule has 20 heavy (non-hydrogen) atoms. The molecule has 0 unspecified atom stereocenters. The lowest BCUT2D eigenvalue weighted by Gasteiger charge is -2.32. The molecule has 0 bridgehead atoms. The Hall–Kier alpha value is -1.72. The molecular formula is C14H16F3NO2. The van der Waals surface area contributed by atoms with Gasteiger partial charge >= 0.3 is 6.18 Å². The van der Waals surface area contributed by atoms with Crippen LogP contribution in [0.15, 0.2) is 24.3 Å². The van der Waals surface area contributed by atoms with Gasteiger partial charge in [-0.15, -0.1) is 0 Å². The summed E-state index contributed by atoms with van der Waals surface area (Å²) in [5.41, 5.74) is 0.614. The van der Waals surface area contributed by atoms with Gasteiger partial charge in [-0.2, -0.15) is 13.2 Å². The number of piperidine rings is 1. The van der Waals surface area contributed by atoms with E-state index in [1.807, 2.05) is 0 Å². The fourth-order valence-corrected chi connectivity index (χ4v) is 2.44. The first-order valence-electron chi connectivity index (χ1n) is 6.43. The molecule has 1 aliphatic rings. The molecule has 0 saturated carbocycles. The standard InChI is InChI=1S/C14H16F3NO2/c1-20-12-6-4-11(5-7-12)18-8-2-3-10(13(18)19)9-14(15,16)17/h4-7,10H,2-3,8-9H2,1H3/t10-/m0/s1. The first-order chi connectivity index (χ1) is 9.40. The minimum absolute atomic E-state index is 0.297. The van der Waals surface area contributed by atoms with Crippen molar-refractivity contribution in [3.05, 3.63) is 24.3 Å². The van der Waals surface area contributed by atoms with E-state index in [0.717, 1.165) is 0 Å². The average molecular weight is 287 g/mol. The number of ether oxygens (including phenoxy) is 1. The maximum Gasteiger partial charge on any atom is 0.389 e. The summed E-state index contributed by atoms with van der Waals surface area (Å²) >= 11 is 0. The molecule has 0 aliphatic carbocycles. The second kappa shape index (κ2) is 5.73. The molecule has 110 valence electrons. The van der Waals surface area contributed by atoms with Crippen LogP contribution in [0.5, 0.6) is 5.75 Å². The summed E-state index contributed by atoms with van der Waals surface area (Å²) in [6.07, 6.45) is -4.47. The van der Waals surface area contributed by atoms with Gasteiger partial charge in [0.15, 0.2) is 0 Å². The van der Waals surface area contributed by atoms with Gasteiger partial charge < -0.3 is 9.64 Å². The summed E-state index contributed by atoms with van der Waals surface area (Å²) in [5.74, 6) is -0.769. The molecule has 3 nitrogen and oxygen atoms in total. The van der Waals surface area contributed by atoms with Crippen molar-refractivity contribution in [1.82, 2.24) is 0 Å². The Morgan fingerprint density at radius 3 is 2.50 bits per heavy atom. The van der Waals surface area contributed by atoms with Crippen molar-refractivity contribution in [1.29, 1.82) is 0 Å². The van der Waals surface area contributed by atoms with Crippen molar-refractivity contribution in [3.63, 3.8) is 0 Å². The van der Waals surface area contributed by atoms with Crippen LogP contribution in [0.3, 0.4) is 0 Å². The molecule has 1 aromatic carbocycles. The van der Waals surface area contributed by atoms with E-state index in [4.69, 9.17) is 4.74 Å². The number of carbonyl (C=O) groups excluding carboxylic acids is 1. The van der Waals surface area contributed by atoms with E-state index in [0.29, 0.717) is 30.8 Å². The number of rotatable bonds is 3. The molecule has 6 heteroatoms. The number of nitrogens with zero attached hydrogens (tertiary/aromatic N) is 1. The number of methoxy groups -OCH3 is 1. The Morgan fingerprint density at radius 2 is 1.95 bits per heavy atom. The smallest absolute Gasteiger partial charge is 0.389 e. The summed E-state index contributed by atoms with van der Waals surface area (Å²) in [5, 5.41) is 0. The lowest BCUT2D eigenvalue weighted by molar-refractivity contribution is -0.154. The van der Waals surface area contributed by atoms with Gasteiger partial charge in [0.05, 0.1) is 13.5 Å². The van der Waals surface area contributed by atoms with E-state index < -0.39 is 24.4 Å². The fourth-order valence-electron chi connectivity index (χ4n) is 2.44. The van der Waals surface area contributed by atoms with Crippen LogP contribution < -0.4 is 9.64 Å². The van der Waals surface area contributed by atoms with Crippen LogP contribution in [0.25, 0.3) is 0 Å². The van der Waals surface area contributed by atoms with Gasteiger partial charge in [0.25, 0.3) is 0 Å². The summed E-state index contributed by atoms with van der Waals surface area (Å²) in [6, 6.07) is 6.76. The molecule has 1 saturated heterocycles. The van der Waals surface area contributed by atoms with Crippen LogP contribution in [0.1, 0.15) is 19.3 Å². The fraction of sp³-hybridized carbons (Fsp3) is 0.500. The van der Waals surface area contributed by atoms with Crippen LogP contribution in [-0.2, 0) is 4.79 Å². The van der Waals surface area contributed by atoms with E-state index in [2.05, 4.69) is 0 Å². The molecule has 1 aromatic rings. The lowest BCUT2D eigenvalue weighted by Crippen LogP contribution is -2.42. The molecule has 1 fully saturated rings. The number of halogens is 3. The molecule has 0 aromatic heterocycles. The molecule has 1 atom stereocenters. The van der Waals surface area contributed by atoms with Crippen LogP contribution in [0.2, 0.25) is 0 Å². The number of amides is 1. The highest BCUT2D eigenvalue weighted by atomic mass is 19.4. The number of carbonyl (C=O) groups is 1.